The van der Waals surface area contributed by atoms with E-state index in [1.807, 2.05) is 13.8 Å². The van der Waals surface area contributed by atoms with Gasteiger partial charge in [0.15, 0.2) is 0 Å². The fourth-order valence-corrected chi connectivity index (χ4v) is 3.84. The molecule has 0 saturated carbocycles. The van der Waals surface area contributed by atoms with Crippen LogP contribution in [0.15, 0.2) is 53.6 Å². The van der Waals surface area contributed by atoms with Crippen molar-refractivity contribution in [3.05, 3.63) is 54.2 Å². The van der Waals surface area contributed by atoms with Crippen molar-refractivity contribution >= 4 is 15.8 Å². The summed E-state index contributed by atoms with van der Waals surface area (Å²) in [5.74, 6) is 0.602. The maximum Gasteiger partial charge on any atom is 0.265 e. The highest BCUT2D eigenvalue weighted by Crippen LogP contribution is 2.23. The van der Waals surface area contributed by atoms with Crippen LogP contribution in [0.5, 0.6) is 0 Å². The molecule has 0 unspecified atom stereocenters. The number of hydrogen-bond donors (Lipinski definition) is 2. The van der Waals surface area contributed by atoms with E-state index in [4.69, 9.17) is 0 Å². The second-order valence-electron chi connectivity index (χ2n) is 6.18. The lowest BCUT2D eigenvalue weighted by Gasteiger charge is -2.23. The van der Waals surface area contributed by atoms with Crippen LogP contribution in [0.3, 0.4) is 0 Å². The predicted molar refractivity (Wildman–Crippen MR) is 98.8 cm³/mol. The third kappa shape index (κ3) is 4.56. The van der Waals surface area contributed by atoms with Gasteiger partial charge in [-0.2, -0.15) is 0 Å². The van der Waals surface area contributed by atoms with E-state index >= 15 is 0 Å². The van der Waals surface area contributed by atoms with E-state index in [2.05, 4.69) is 10.3 Å². The molecular formula is C18H25N3O3S. The summed E-state index contributed by atoms with van der Waals surface area (Å²) >= 11 is 0. The Morgan fingerprint density at radius 1 is 1.16 bits per heavy atom. The lowest BCUT2D eigenvalue weighted by molar-refractivity contribution is 0.210. The smallest absolute Gasteiger partial charge is 0.265 e. The Morgan fingerprint density at radius 3 is 2.44 bits per heavy atom. The molecule has 0 fully saturated rings. The van der Waals surface area contributed by atoms with Crippen molar-refractivity contribution in [2.75, 3.05) is 18.0 Å². The van der Waals surface area contributed by atoms with Gasteiger partial charge in [-0.05, 0) is 29.7 Å². The van der Waals surface area contributed by atoms with Crippen LogP contribution in [0.25, 0.3) is 0 Å². The molecule has 0 radical (unpaired) electrons. The number of aliphatic hydroxyl groups excluding tert-OH is 1. The van der Waals surface area contributed by atoms with Crippen LogP contribution in [-0.2, 0) is 16.6 Å². The van der Waals surface area contributed by atoms with Crippen molar-refractivity contribution in [2.45, 2.75) is 31.3 Å². The van der Waals surface area contributed by atoms with Crippen LogP contribution in [0.1, 0.15) is 19.4 Å². The minimum atomic E-state index is -3.73. The lowest BCUT2D eigenvalue weighted by Crippen LogP contribution is -2.37. The SMILES string of the molecule is CC(C)[C@H](CO)NCc1ccccc1S(=O)(=O)N(C)c1ccccn1. The molecule has 7 heteroatoms. The summed E-state index contributed by atoms with van der Waals surface area (Å²) in [6.07, 6.45) is 1.56. The van der Waals surface area contributed by atoms with Gasteiger partial charge >= 0.3 is 0 Å². The van der Waals surface area contributed by atoms with Gasteiger partial charge in [0, 0.05) is 25.8 Å². The highest BCUT2D eigenvalue weighted by Gasteiger charge is 2.25. The largest absolute Gasteiger partial charge is 0.395 e. The highest BCUT2D eigenvalue weighted by molar-refractivity contribution is 7.92. The molecule has 0 aliphatic rings. The Bertz CT molecular complexity index is 779. The average Bonchev–Trinajstić information content (AvgIpc) is 2.62. The number of hydrogen-bond acceptors (Lipinski definition) is 5. The normalized spacial score (nSPS) is 13.0. The first kappa shape index (κ1) is 19.4. The molecule has 1 aromatic carbocycles. The first-order valence-electron chi connectivity index (χ1n) is 8.20. The van der Waals surface area contributed by atoms with Crippen LogP contribution in [0, 0.1) is 5.92 Å². The molecule has 25 heavy (non-hydrogen) atoms. The third-order valence-electron chi connectivity index (χ3n) is 4.14. The summed E-state index contributed by atoms with van der Waals surface area (Å²) in [7, 11) is -2.24. The quantitative estimate of drug-likeness (QED) is 0.750. The zero-order chi connectivity index (χ0) is 18.4. The van der Waals surface area contributed by atoms with E-state index in [0.717, 1.165) is 0 Å². The van der Waals surface area contributed by atoms with Crippen LogP contribution in [-0.4, -0.2) is 38.2 Å². The number of anilines is 1. The van der Waals surface area contributed by atoms with Crippen molar-refractivity contribution in [3.63, 3.8) is 0 Å². The van der Waals surface area contributed by atoms with Crippen LogP contribution < -0.4 is 9.62 Å². The Morgan fingerprint density at radius 2 is 1.84 bits per heavy atom. The molecular weight excluding hydrogens is 338 g/mol. The molecule has 136 valence electrons. The van der Waals surface area contributed by atoms with E-state index < -0.39 is 10.0 Å². The Labute approximate surface area is 149 Å². The summed E-state index contributed by atoms with van der Waals surface area (Å²) in [4.78, 5) is 4.34. The second-order valence-corrected chi connectivity index (χ2v) is 8.12. The van der Waals surface area contributed by atoms with Crippen molar-refractivity contribution in [3.8, 4) is 0 Å². The van der Waals surface area contributed by atoms with Gasteiger partial charge in [-0.1, -0.05) is 38.1 Å². The minimum absolute atomic E-state index is 0.000418. The van der Waals surface area contributed by atoms with E-state index in [-0.39, 0.29) is 23.5 Å². The Kier molecular flexibility index (Phi) is 6.52. The van der Waals surface area contributed by atoms with Gasteiger partial charge in [0.2, 0.25) is 0 Å². The van der Waals surface area contributed by atoms with E-state index in [1.165, 1.54) is 11.4 Å². The highest BCUT2D eigenvalue weighted by atomic mass is 32.2. The van der Waals surface area contributed by atoms with Gasteiger partial charge in [0.1, 0.15) is 5.82 Å². The molecule has 1 atom stereocenters. The Hall–Kier alpha value is -1.96. The number of nitrogens with one attached hydrogen (secondary N) is 1. The second kappa shape index (κ2) is 8.42. The van der Waals surface area contributed by atoms with Gasteiger partial charge in [-0.3, -0.25) is 4.31 Å². The van der Waals surface area contributed by atoms with Gasteiger partial charge in [0.25, 0.3) is 10.0 Å². The van der Waals surface area contributed by atoms with Crippen molar-refractivity contribution in [1.29, 1.82) is 0 Å². The summed E-state index contributed by atoms with van der Waals surface area (Å²) in [5, 5.41) is 12.7. The molecule has 1 aromatic heterocycles. The van der Waals surface area contributed by atoms with E-state index in [1.54, 1.807) is 48.7 Å². The number of benzene rings is 1. The predicted octanol–water partition coefficient (Wildman–Crippen LogP) is 2.01. The van der Waals surface area contributed by atoms with E-state index in [0.29, 0.717) is 17.9 Å². The van der Waals surface area contributed by atoms with Gasteiger partial charge in [-0.25, -0.2) is 13.4 Å². The number of aliphatic hydroxyl groups is 1. The number of pyridine rings is 1. The number of rotatable bonds is 8. The summed E-state index contributed by atoms with van der Waals surface area (Å²) in [5.41, 5.74) is 0.657. The van der Waals surface area contributed by atoms with E-state index in [9.17, 15) is 13.5 Å². The molecule has 1 heterocycles. The van der Waals surface area contributed by atoms with Crippen LogP contribution in [0.4, 0.5) is 5.82 Å². The third-order valence-corrected chi connectivity index (χ3v) is 6.00. The molecule has 0 bridgehead atoms. The summed E-state index contributed by atoms with van der Waals surface area (Å²) in [6.45, 7) is 4.37. The van der Waals surface area contributed by atoms with Crippen molar-refractivity contribution < 1.29 is 13.5 Å². The molecule has 0 spiro atoms. The topological polar surface area (TPSA) is 82.5 Å². The van der Waals surface area contributed by atoms with Crippen LogP contribution >= 0.6 is 0 Å². The molecule has 6 nitrogen and oxygen atoms in total. The molecule has 0 aliphatic carbocycles. The molecule has 2 rings (SSSR count). The fourth-order valence-electron chi connectivity index (χ4n) is 2.46. The molecule has 2 N–H and O–H groups in total. The zero-order valence-corrected chi connectivity index (χ0v) is 15.6. The Balaban J connectivity index is 2.30. The average molecular weight is 363 g/mol. The van der Waals surface area contributed by atoms with Gasteiger partial charge in [0.05, 0.1) is 11.5 Å². The zero-order valence-electron chi connectivity index (χ0n) is 14.8. The molecule has 0 aliphatic heterocycles. The molecule has 0 amide bonds. The summed E-state index contributed by atoms with van der Waals surface area (Å²) in [6, 6.07) is 11.9. The van der Waals surface area contributed by atoms with Gasteiger partial charge < -0.3 is 10.4 Å². The van der Waals surface area contributed by atoms with Crippen molar-refractivity contribution in [2.24, 2.45) is 5.92 Å². The molecule has 2 aromatic rings. The maximum atomic E-state index is 13.0. The van der Waals surface area contributed by atoms with Crippen LogP contribution in [0.2, 0.25) is 0 Å². The van der Waals surface area contributed by atoms with Crippen molar-refractivity contribution in [1.82, 2.24) is 10.3 Å². The van der Waals surface area contributed by atoms with Gasteiger partial charge in [-0.15, -0.1) is 0 Å². The number of sulfonamides is 1. The number of aromatic nitrogens is 1. The summed E-state index contributed by atoms with van der Waals surface area (Å²) < 4.78 is 27.2. The first-order chi connectivity index (χ1) is 11.9. The number of nitrogens with zero attached hydrogens (tertiary/aromatic N) is 2. The maximum absolute atomic E-state index is 13.0. The lowest BCUT2D eigenvalue weighted by atomic mass is 10.1. The monoisotopic (exact) mass is 363 g/mol. The first-order valence-corrected chi connectivity index (χ1v) is 9.64. The molecule has 0 saturated heterocycles. The standard InChI is InChI=1S/C18H25N3O3S/c1-14(2)16(13-22)20-12-15-8-4-5-9-17(15)25(23,24)21(3)18-10-6-7-11-19-18/h4-11,14,16,20,22H,12-13H2,1-3H3/t16-/m0/s1. The fraction of sp³-hybridized carbons (Fsp3) is 0.389. The minimum Gasteiger partial charge on any atom is -0.395 e.